The number of imidazole rings is 1. The van der Waals surface area contributed by atoms with E-state index in [-0.39, 0.29) is 12.4 Å². The highest BCUT2D eigenvalue weighted by Gasteiger charge is 2.31. The summed E-state index contributed by atoms with van der Waals surface area (Å²) < 4.78 is 2.10. The number of fused-ring (bicyclic) bond motifs is 2. The molecule has 1 fully saturated rings. The van der Waals surface area contributed by atoms with Gasteiger partial charge in [-0.05, 0) is 48.1 Å². The van der Waals surface area contributed by atoms with Crippen molar-refractivity contribution in [3.05, 3.63) is 42.4 Å². The molecule has 0 saturated carbocycles. The first kappa shape index (κ1) is 11.8. The lowest BCUT2D eigenvalue weighted by Crippen LogP contribution is -2.09. The minimum Gasteiger partial charge on any atom is -0.316 e. The monoisotopic (exact) mass is 261 g/mol. The second-order valence-corrected chi connectivity index (χ2v) is 5.09. The fraction of sp³-hybridized carbons (Fsp3) is 0.357. The molecule has 4 heteroatoms. The van der Waals surface area contributed by atoms with Gasteiger partial charge in [-0.15, -0.1) is 12.4 Å². The summed E-state index contributed by atoms with van der Waals surface area (Å²) in [5, 5.41) is 3.46. The SMILES string of the molecule is C1=C(c2ccc3nccn3c2)C[C@H]2CNC[C@@H]12.Cl. The van der Waals surface area contributed by atoms with E-state index in [9.17, 15) is 0 Å². The van der Waals surface area contributed by atoms with Crippen molar-refractivity contribution in [2.24, 2.45) is 11.8 Å². The van der Waals surface area contributed by atoms with Crippen molar-refractivity contribution in [2.45, 2.75) is 6.42 Å². The first-order chi connectivity index (χ1) is 8.40. The molecule has 94 valence electrons. The number of nitrogens with one attached hydrogen (secondary N) is 1. The molecule has 2 aromatic rings. The van der Waals surface area contributed by atoms with Gasteiger partial charge in [0.2, 0.25) is 0 Å². The Morgan fingerprint density at radius 3 is 3.11 bits per heavy atom. The minimum atomic E-state index is 0. The Morgan fingerprint density at radius 1 is 1.28 bits per heavy atom. The fourth-order valence-corrected chi connectivity index (χ4v) is 3.10. The van der Waals surface area contributed by atoms with Crippen molar-refractivity contribution in [1.82, 2.24) is 14.7 Å². The zero-order valence-corrected chi connectivity index (χ0v) is 10.9. The lowest BCUT2D eigenvalue weighted by Gasteiger charge is -2.07. The van der Waals surface area contributed by atoms with Crippen LogP contribution in [-0.2, 0) is 0 Å². The molecule has 2 atom stereocenters. The molecule has 1 saturated heterocycles. The Balaban J connectivity index is 0.000001000. The van der Waals surface area contributed by atoms with Gasteiger partial charge in [0.1, 0.15) is 5.65 Å². The summed E-state index contributed by atoms with van der Waals surface area (Å²) in [4.78, 5) is 4.28. The van der Waals surface area contributed by atoms with E-state index >= 15 is 0 Å². The predicted molar refractivity (Wildman–Crippen MR) is 74.9 cm³/mol. The zero-order chi connectivity index (χ0) is 11.2. The van der Waals surface area contributed by atoms with Crippen LogP contribution in [0.1, 0.15) is 12.0 Å². The van der Waals surface area contributed by atoms with Crippen LogP contribution in [0.5, 0.6) is 0 Å². The van der Waals surface area contributed by atoms with E-state index in [0.717, 1.165) is 24.0 Å². The van der Waals surface area contributed by atoms with E-state index in [1.54, 1.807) is 0 Å². The standard InChI is InChI=1S/C14H15N3.ClH/c1-2-14-16-3-4-17(14)9-10(1)11-5-12-7-15-8-13(12)6-11;/h1-5,9,12-13,15H,6-8H2;1H/t12-,13+;/m1./s1. The third-order valence-corrected chi connectivity index (χ3v) is 4.05. The van der Waals surface area contributed by atoms with Crippen LogP contribution in [-0.4, -0.2) is 22.5 Å². The van der Waals surface area contributed by atoms with Crippen molar-refractivity contribution >= 4 is 23.6 Å². The number of allylic oxidation sites excluding steroid dienone is 1. The molecule has 18 heavy (non-hydrogen) atoms. The number of hydrogen-bond donors (Lipinski definition) is 1. The largest absolute Gasteiger partial charge is 0.316 e. The molecule has 0 unspecified atom stereocenters. The molecule has 1 aliphatic carbocycles. The molecule has 0 aromatic carbocycles. The van der Waals surface area contributed by atoms with Crippen LogP contribution >= 0.6 is 12.4 Å². The van der Waals surface area contributed by atoms with Gasteiger partial charge in [-0.3, -0.25) is 0 Å². The molecule has 0 radical (unpaired) electrons. The van der Waals surface area contributed by atoms with E-state index in [4.69, 9.17) is 0 Å². The van der Waals surface area contributed by atoms with Gasteiger partial charge in [0, 0.05) is 25.1 Å². The van der Waals surface area contributed by atoms with Crippen molar-refractivity contribution in [2.75, 3.05) is 13.1 Å². The normalized spacial score (nSPS) is 25.9. The number of rotatable bonds is 1. The number of hydrogen-bond acceptors (Lipinski definition) is 2. The molecule has 2 aromatic heterocycles. The van der Waals surface area contributed by atoms with E-state index < -0.39 is 0 Å². The Bertz CT molecular complexity index is 602. The molecular formula is C14H16ClN3. The summed E-state index contributed by atoms with van der Waals surface area (Å²) in [5.74, 6) is 1.58. The molecule has 0 bridgehead atoms. The summed E-state index contributed by atoms with van der Waals surface area (Å²) in [6.07, 6.45) is 9.74. The summed E-state index contributed by atoms with van der Waals surface area (Å²) in [5.41, 5.74) is 3.89. The molecule has 1 N–H and O–H groups in total. The highest BCUT2D eigenvalue weighted by atomic mass is 35.5. The quantitative estimate of drug-likeness (QED) is 0.854. The molecule has 0 spiro atoms. The third-order valence-electron chi connectivity index (χ3n) is 4.05. The van der Waals surface area contributed by atoms with Gasteiger partial charge in [-0.2, -0.15) is 0 Å². The van der Waals surface area contributed by atoms with Gasteiger partial charge in [-0.25, -0.2) is 4.98 Å². The van der Waals surface area contributed by atoms with Gasteiger partial charge in [0.15, 0.2) is 0 Å². The smallest absolute Gasteiger partial charge is 0.136 e. The average molecular weight is 262 g/mol. The van der Waals surface area contributed by atoms with E-state index in [2.05, 4.69) is 39.1 Å². The first-order valence-electron chi connectivity index (χ1n) is 6.25. The maximum Gasteiger partial charge on any atom is 0.136 e. The maximum atomic E-state index is 4.28. The molecule has 2 aliphatic rings. The molecule has 4 rings (SSSR count). The third kappa shape index (κ3) is 1.74. The Morgan fingerprint density at radius 2 is 2.22 bits per heavy atom. The van der Waals surface area contributed by atoms with Crippen LogP contribution in [0.4, 0.5) is 0 Å². The maximum absolute atomic E-state index is 4.28. The molecule has 1 aliphatic heterocycles. The molecule has 0 amide bonds. The Kier molecular flexibility index (Phi) is 2.88. The van der Waals surface area contributed by atoms with Crippen LogP contribution in [0.25, 0.3) is 11.2 Å². The Hall–Kier alpha value is -1.32. The summed E-state index contributed by atoms with van der Waals surface area (Å²) in [6.45, 7) is 2.33. The number of nitrogens with zero attached hydrogens (tertiary/aromatic N) is 2. The lowest BCUT2D eigenvalue weighted by molar-refractivity contribution is 0.536. The summed E-state index contributed by atoms with van der Waals surface area (Å²) >= 11 is 0. The van der Waals surface area contributed by atoms with Gasteiger partial charge < -0.3 is 9.72 Å². The fourth-order valence-electron chi connectivity index (χ4n) is 3.10. The average Bonchev–Trinajstić information content (AvgIpc) is 3.02. The van der Waals surface area contributed by atoms with E-state index in [0.29, 0.717) is 0 Å². The van der Waals surface area contributed by atoms with Crippen molar-refractivity contribution in [1.29, 1.82) is 0 Å². The summed E-state index contributed by atoms with van der Waals surface area (Å²) in [7, 11) is 0. The van der Waals surface area contributed by atoms with Crippen molar-refractivity contribution in [3.63, 3.8) is 0 Å². The second-order valence-electron chi connectivity index (χ2n) is 5.09. The molecule has 3 nitrogen and oxygen atoms in total. The predicted octanol–water partition coefficient (Wildman–Crippen LogP) is 2.38. The van der Waals surface area contributed by atoms with Gasteiger partial charge in [0.25, 0.3) is 0 Å². The van der Waals surface area contributed by atoms with Crippen LogP contribution < -0.4 is 5.32 Å². The highest BCUT2D eigenvalue weighted by molar-refractivity contribution is 5.85. The first-order valence-corrected chi connectivity index (χ1v) is 6.25. The molecular weight excluding hydrogens is 246 g/mol. The molecule has 3 heterocycles. The second kappa shape index (κ2) is 4.41. The lowest BCUT2D eigenvalue weighted by atomic mass is 9.99. The number of aromatic nitrogens is 2. The number of halogens is 1. The van der Waals surface area contributed by atoms with Crippen LogP contribution in [0.2, 0.25) is 0 Å². The minimum absolute atomic E-state index is 0. The highest BCUT2D eigenvalue weighted by Crippen LogP contribution is 2.38. The summed E-state index contributed by atoms with van der Waals surface area (Å²) in [6, 6.07) is 4.30. The van der Waals surface area contributed by atoms with Gasteiger partial charge in [0.05, 0.1) is 0 Å². The van der Waals surface area contributed by atoms with Crippen LogP contribution in [0, 0.1) is 11.8 Å². The van der Waals surface area contributed by atoms with E-state index in [1.807, 2.05) is 12.4 Å². The van der Waals surface area contributed by atoms with Crippen molar-refractivity contribution < 1.29 is 0 Å². The van der Waals surface area contributed by atoms with E-state index in [1.165, 1.54) is 24.1 Å². The van der Waals surface area contributed by atoms with Gasteiger partial charge >= 0.3 is 0 Å². The van der Waals surface area contributed by atoms with Crippen molar-refractivity contribution in [3.8, 4) is 0 Å². The van der Waals surface area contributed by atoms with Gasteiger partial charge in [-0.1, -0.05) is 6.08 Å². The Labute approximate surface area is 112 Å². The zero-order valence-electron chi connectivity index (χ0n) is 10.0. The van der Waals surface area contributed by atoms with Crippen LogP contribution in [0.3, 0.4) is 0 Å². The number of pyridine rings is 1. The topological polar surface area (TPSA) is 29.3 Å². The van der Waals surface area contributed by atoms with Crippen LogP contribution in [0.15, 0.2) is 36.8 Å².